The number of esters is 3. The zero-order chi connectivity index (χ0) is 17.5. The number of hydrogen-bond donors (Lipinski definition) is 0. The van der Waals surface area contributed by atoms with Crippen LogP contribution in [0.5, 0.6) is 0 Å². The minimum absolute atomic E-state index is 0.0672. The molecule has 0 aliphatic carbocycles. The van der Waals surface area contributed by atoms with Crippen LogP contribution in [0.15, 0.2) is 0 Å². The number of amides is 1. The van der Waals surface area contributed by atoms with Gasteiger partial charge in [-0.1, -0.05) is 0 Å². The highest BCUT2D eigenvalue weighted by Gasteiger charge is 2.52. The zero-order valence-electron chi connectivity index (χ0n) is 13.8. The van der Waals surface area contributed by atoms with Crippen LogP contribution >= 0.6 is 0 Å². The van der Waals surface area contributed by atoms with E-state index in [-0.39, 0.29) is 45.8 Å². The van der Waals surface area contributed by atoms with Gasteiger partial charge in [0.25, 0.3) is 0 Å². The largest absolute Gasteiger partial charge is 0.466 e. The Morgan fingerprint density at radius 1 is 1.00 bits per heavy atom. The molecule has 8 heteroatoms. The van der Waals surface area contributed by atoms with Gasteiger partial charge in [0.1, 0.15) is 12.0 Å². The predicted molar refractivity (Wildman–Crippen MR) is 78.1 cm³/mol. The molecule has 0 aromatic carbocycles. The molecule has 1 rings (SSSR count). The summed E-state index contributed by atoms with van der Waals surface area (Å²) in [7, 11) is 0. The number of ether oxygens (including phenoxy) is 3. The van der Waals surface area contributed by atoms with Crippen molar-refractivity contribution in [2.45, 2.75) is 33.6 Å². The van der Waals surface area contributed by atoms with Crippen LogP contribution in [0, 0.1) is 5.41 Å². The van der Waals surface area contributed by atoms with Gasteiger partial charge in [0, 0.05) is 13.0 Å². The first-order valence-electron chi connectivity index (χ1n) is 7.64. The second-order valence-corrected chi connectivity index (χ2v) is 5.21. The number of likely N-dealkylation sites (tertiary alicyclic amines) is 1. The maximum absolute atomic E-state index is 12.3. The smallest absolute Gasteiger partial charge is 0.325 e. The van der Waals surface area contributed by atoms with Gasteiger partial charge in [-0.3, -0.25) is 19.2 Å². The lowest BCUT2D eigenvalue weighted by Gasteiger charge is -2.25. The number of carbonyl (C=O) groups excluding carboxylic acids is 4. The van der Waals surface area contributed by atoms with Crippen LogP contribution in [0.3, 0.4) is 0 Å². The van der Waals surface area contributed by atoms with Gasteiger partial charge in [-0.15, -0.1) is 0 Å². The van der Waals surface area contributed by atoms with E-state index in [0.29, 0.717) is 0 Å². The monoisotopic (exact) mass is 329 g/mol. The van der Waals surface area contributed by atoms with Crippen LogP contribution in [-0.2, 0) is 33.4 Å². The topological polar surface area (TPSA) is 99.2 Å². The fraction of sp³-hybridized carbons (Fsp3) is 0.733. The van der Waals surface area contributed by atoms with Crippen molar-refractivity contribution in [2.75, 3.05) is 32.9 Å². The van der Waals surface area contributed by atoms with E-state index in [1.807, 2.05) is 0 Å². The van der Waals surface area contributed by atoms with Gasteiger partial charge in [-0.25, -0.2) is 0 Å². The molecule has 0 unspecified atom stereocenters. The van der Waals surface area contributed by atoms with Crippen LogP contribution in [0.1, 0.15) is 33.6 Å². The predicted octanol–water partition coefficient (Wildman–Crippen LogP) is 0.285. The number of nitrogens with zero attached hydrogens (tertiary/aromatic N) is 1. The second-order valence-electron chi connectivity index (χ2n) is 5.21. The fourth-order valence-corrected chi connectivity index (χ4v) is 2.52. The normalized spacial score (nSPS) is 20.3. The third-order valence-electron chi connectivity index (χ3n) is 3.46. The molecule has 1 aliphatic rings. The first kappa shape index (κ1) is 18.9. The minimum Gasteiger partial charge on any atom is -0.466 e. The van der Waals surface area contributed by atoms with E-state index < -0.39 is 29.2 Å². The highest BCUT2D eigenvalue weighted by atomic mass is 16.5. The molecule has 0 bridgehead atoms. The molecule has 0 aromatic rings. The van der Waals surface area contributed by atoms with Crippen LogP contribution in [0.4, 0.5) is 0 Å². The van der Waals surface area contributed by atoms with E-state index >= 15 is 0 Å². The molecule has 8 nitrogen and oxygen atoms in total. The first-order valence-corrected chi connectivity index (χ1v) is 7.64. The van der Waals surface area contributed by atoms with Gasteiger partial charge in [-0.05, 0) is 20.8 Å². The Morgan fingerprint density at radius 2 is 1.57 bits per heavy atom. The average Bonchev–Trinajstić information content (AvgIpc) is 2.76. The summed E-state index contributed by atoms with van der Waals surface area (Å²) in [4.78, 5) is 49.0. The first-order chi connectivity index (χ1) is 10.9. The molecule has 0 radical (unpaired) electrons. The molecule has 0 aromatic heterocycles. The maximum atomic E-state index is 12.3. The summed E-state index contributed by atoms with van der Waals surface area (Å²) in [6, 6.07) is 0. The van der Waals surface area contributed by atoms with Gasteiger partial charge >= 0.3 is 17.9 Å². The minimum atomic E-state index is -1.31. The molecule has 1 aliphatic heterocycles. The lowest BCUT2D eigenvalue weighted by molar-refractivity contribution is -0.162. The van der Waals surface area contributed by atoms with Crippen molar-refractivity contribution < 1.29 is 33.4 Å². The van der Waals surface area contributed by atoms with Crippen LogP contribution in [0.25, 0.3) is 0 Å². The summed E-state index contributed by atoms with van der Waals surface area (Å²) in [5, 5.41) is 0. The molecule has 1 saturated heterocycles. The van der Waals surface area contributed by atoms with Crippen molar-refractivity contribution in [1.29, 1.82) is 0 Å². The van der Waals surface area contributed by atoms with Crippen molar-refractivity contribution >= 4 is 23.8 Å². The number of rotatable bonds is 8. The Labute approximate surface area is 135 Å². The molecule has 130 valence electrons. The average molecular weight is 329 g/mol. The third kappa shape index (κ3) is 4.94. The molecule has 1 heterocycles. The zero-order valence-corrected chi connectivity index (χ0v) is 13.8. The molecular weight excluding hydrogens is 306 g/mol. The molecular formula is C15H23NO7. The van der Waals surface area contributed by atoms with Gasteiger partial charge in [0.05, 0.1) is 26.2 Å². The van der Waals surface area contributed by atoms with Gasteiger partial charge < -0.3 is 19.1 Å². The molecule has 23 heavy (non-hydrogen) atoms. The molecule has 1 fully saturated rings. The van der Waals surface area contributed by atoms with E-state index in [1.165, 1.54) is 4.90 Å². The summed E-state index contributed by atoms with van der Waals surface area (Å²) in [6.07, 6.45) is -0.450. The Hall–Kier alpha value is -2.12. The van der Waals surface area contributed by atoms with E-state index in [9.17, 15) is 19.2 Å². The Balaban J connectivity index is 2.89. The molecule has 1 amide bonds. The van der Waals surface area contributed by atoms with E-state index in [2.05, 4.69) is 0 Å². The SMILES string of the molecule is CCOC(=O)CN1C[C@@](CC(=O)OCC)(C(=O)OCC)CC1=O. The van der Waals surface area contributed by atoms with Crippen LogP contribution in [0.2, 0.25) is 0 Å². The lowest BCUT2D eigenvalue weighted by atomic mass is 9.83. The van der Waals surface area contributed by atoms with Crippen molar-refractivity contribution in [1.82, 2.24) is 4.90 Å². The summed E-state index contributed by atoms with van der Waals surface area (Å²) in [5.41, 5.74) is -1.31. The Bertz CT molecular complexity index is 476. The Kier molecular flexibility index (Phi) is 6.99. The van der Waals surface area contributed by atoms with Crippen molar-refractivity contribution in [3.63, 3.8) is 0 Å². The van der Waals surface area contributed by atoms with Crippen molar-refractivity contribution in [3.05, 3.63) is 0 Å². The van der Waals surface area contributed by atoms with E-state index in [1.54, 1.807) is 20.8 Å². The molecule has 0 saturated carbocycles. The highest BCUT2D eigenvalue weighted by molar-refractivity contribution is 5.94. The van der Waals surface area contributed by atoms with Crippen molar-refractivity contribution in [3.8, 4) is 0 Å². The number of carbonyl (C=O) groups is 4. The molecule has 0 spiro atoms. The van der Waals surface area contributed by atoms with Gasteiger partial charge in [0.2, 0.25) is 5.91 Å². The van der Waals surface area contributed by atoms with Crippen LogP contribution < -0.4 is 0 Å². The molecule has 0 N–H and O–H groups in total. The summed E-state index contributed by atoms with van der Waals surface area (Å²) in [6.45, 7) is 5.15. The van der Waals surface area contributed by atoms with Gasteiger partial charge in [-0.2, -0.15) is 0 Å². The lowest BCUT2D eigenvalue weighted by Crippen LogP contribution is -2.40. The van der Waals surface area contributed by atoms with Crippen molar-refractivity contribution in [2.24, 2.45) is 5.41 Å². The second kappa shape index (κ2) is 8.50. The summed E-state index contributed by atoms with van der Waals surface area (Å²) in [5.74, 6) is -2.16. The maximum Gasteiger partial charge on any atom is 0.325 e. The quantitative estimate of drug-likeness (QED) is 0.466. The summed E-state index contributed by atoms with van der Waals surface area (Å²) >= 11 is 0. The standard InChI is InChI=1S/C15H23NO7/c1-4-21-12(18)8-15(14(20)23-6-3)7-11(17)16(10-15)9-13(19)22-5-2/h4-10H2,1-3H3/t15-/m1/s1. The third-order valence-corrected chi connectivity index (χ3v) is 3.46. The highest BCUT2D eigenvalue weighted by Crippen LogP contribution is 2.36. The number of hydrogen-bond acceptors (Lipinski definition) is 7. The van der Waals surface area contributed by atoms with Gasteiger partial charge in [0.15, 0.2) is 0 Å². The fourth-order valence-electron chi connectivity index (χ4n) is 2.52. The summed E-state index contributed by atoms with van der Waals surface area (Å²) < 4.78 is 14.7. The van der Waals surface area contributed by atoms with E-state index in [4.69, 9.17) is 14.2 Å². The van der Waals surface area contributed by atoms with E-state index in [0.717, 1.165) is 0 Å². The Morgan fingerprint density at radius 3 is 2.13 bits per heavy atom. The molecule has 1 atom stereocenters. The van der Waals surface area contributed by atoms with Crippen LogP contribution in [-0.4, -0.2) is 61.6 Å².